The van der Waals surface area contributed by atoms with Crippen LogP contribution in [-0.2, 0) is 37.6 Å². The summed E-state index contributed by atoms with van der Waals surface area (Å²) < 4.78 is 113. The number of carbonyl (C=O) groups excluding carboxylic acids is 1. The van der Waals surface area contributed by atoms with Gasteiger partial charge in [-0.25, -0.2) is 18.0 Å². The van der Waals surface area contributed by atoms with Crippen molar-refractivity contribution < 1.29 is 76.6 Å². The van der Waals surface area contributed by atoms with Crippen molar-refractivity contribution >= 4 is 35.6 Å². The Kier molecular flexibility index (Phi) is 7.75. The third-order valence-electron chi connectivity index (χ3n) is 3.63. The molecule has 0 spiro atoms. The Morgan fingerprint density at radius 1 is 0.968 bits per heavy atom. The summed E-state index contributed by atoms with van der Waals surface area (Å²) in [6.45, 7) is 0. The van der Waals surface area contributed by atoms with E-state index in [4.69, 9.17) is 0 Å². The number of alkyl halides is 2. The van der Waals surface area contributed by atoms with Gasteiger partial charge in [0.15, 0.2) is 0 Å². The molecule has 1 heterocycles. The largest absolute Gasteiger partial charge is 1.00 e. The molecule has 5 nitrogen and oxygen atoms in total. The van der Waals surface area contributed by atoms with Gasteiger partial charge in [0, 0.05) is 4.70 Å². The van der Waals surface area contributed by atoms with Crippen molar-refractivity contribution in [2.24, 2.45) is 0 Å². The molecule has 1 unspecified atom stereocenters. The van der Waals surface area contributed by atoms with Crippen LogP contribution in [0.25, 0.3) is 10.1 Å². The Morgan fingerprint density at radius 2 is 1.52 bits per heavy atom. The van der Waals surface area contributed by atoms with Gasteiger partial charge in [0.25, 0.3) is 0 Å². The number of fused-ring (bicyclic) bond motifs is 1. The van der Waals surface area contributed by atoms with Crippen LogP contribution in [0.15, 0.2) is 24.3 Å². The van der Waals surface area contributed by atoms with Crippen molar-refractivity contribution in [3.05, 3.63) is 63.8 Å². The Morgan fingerprint density at radius 3 is 2.06 bits per heavy atom. The fraction of sp³-hybridized carbons (Fsp3) is 0.0625. The molecule has 0 fully saturated rings. The number of esters is 1. The van der Waals surface area contributed by atoms with E-state index in [2.05, 4.69) is 9.26 Å². The van der Waals surface area contributed by atoms with E-state index in [0.717, 1.165) is 24.3 Å². The molecule has 15 heteroatoms. The summed E-state index contributed by atoms with van der Waals surface area (Å²) in [5.74, 6) is -15.2. The molecule has 1 atom stereocenters. The van der Waals surface area contributed by atoms with E-state index < -0.39 is 65.6 Å². The number of carbonyl (C=O) groups is 1. The first-order valence-electron chi connectivity index (χ1n) is 7.48. The fourth-order valence-electron chi connectivity index (χ4n) is 2.31. The third-order valence-corrected chi connectivity index (χ3v) is 5.15. The van der Waals surface area contributed by atoms with E-state index >= 15 is 0 Å². The minimum atomic E-state index is -4.23. The minimum absolute atomic E-state index is 0. The van der Waals surface area contributed by atoms with Crippen LogP contribution >= 0.6 is 19.6 Å². The fourth-order valence-corrected chi connectivity index (χ4v) is 3.55. The summed E-state index contributed by atoms with van der Waals surface area (Å²) in [5, 5.41) is -0.0318. The summed E-state index contributed by atoms with van der Waals surface area (Å²) >= 11 is 0.597. The first kappa shape index (κ1) is 25.5. The summed E-state index contributed by atoms with van der Waals surface area (Å²) in [4.78, 5) is 22.1. The van der Waals surface area contributed by atoms with Crippen LogP contribution in [-0.4, -0.2) is 5.97 Å². The molecule has 0 saturated heterocycles. The number of thiophene rings is 1. The van der Waals surface area contributed by atoms with Crippen molar-refractivity contribution in [2.75, 3.05) is 0 Å². The zero-order valence-corrected chi connectivity index (χ0v) is 17.5. The van der Waals surface area contributed by atoms with Crippen LogP contribution in [0.3, 0.4) is 0 Å². The first-order chi connectivity index (χ1) is 13.9. The molecular weight excluding hydrogens is 576 g/mol. The molecule has 3 aromatic rings. The van der Waals surface area contributed by atoms with Crippen LogP contribution in [0.1, 0.15) is 15.2 Å². The molecule has 0 aliphatic heterocycles. The van der Waals surface area contributed by atoms with E-state index in [-0.39, 0.29) is 32.5 Å². The average Bonchev–Trinajstić information content (AvgIpc) is 3.10. The van der Waals surface area contributed by atoms with E-state index in [0.29, 0.717) is 11.3 Å². The van der Waals surface area contributed by atoms with E-state index in [1.807, 2.05) is 0 Å². The first-order valence-corrected chi connectivity index (χ1v) is 9.52. The number of hydrogen-bond donors (Lipinski definition) is 0. The van der Waals surface area contributed by atoms with Crippen molar-refractivity contribution in [3.63, 3.8) is 0 Å². The van der Waals surface area contributed by atoms with Gasteiger partial charge in [0.05, 0.1) is 5.56 Å². The second-order valence-corrected chi connectivity index (χ2v) is 7.31. The Bertz CT molecular complexity index is 1170. The second kappa shape index (κ2) is 9.41. The van der Waals surface area contributed by atoms with Gasteiger partial charge in [-0.05, 0) is 29.7 Å². The van der Waals surface area contributed by atoms with Crippen LogP contribution in [0.2, 0.25) is 0 Å². The van der Waals surface area contributed by atoms with Gasteiger partial charge in [0.1, 0.15) is 13.1 Å². The quantitative estimate of drug-likeness (QED) is 0.0837. The van der Waals surface area contributed by atoms with Crippen LogP contribution in [0.4, 0.5) is 30.7 Å². The number of benzene rings is 2. The summed E-state index contributed by atoms with van der Waals surface area (Å²) in [7, 11) is -4.23. The molecule has 170 valence electrons. The minimum Gasteiger partial charge on any atom is -0.781 e. The SMILES string of the molecule is O=C(Oc1c(F)c(F)c(F)c(F)c1F)c1cc2cc(C(F)(F)O[PH](=O)[O-])ccc2s1.[Ag+]. The van der Waals surface area contributed by atoms with Crippen molar-refractivity contribution in [2.45, 2.75) is 6.11 Å². The maximum Gasteiger partial charge on any atom is 1.00 e. The normalized spacial score (nSPS) is 12.5. The van der Waals surface area contributed by atoms with E-state index in [9.17, 15) is 45.0 Å². The van der Waals surface area contributed by atoms with E-state index in [1.165, 1.54) is 0 Å². The zero-order chi connectivity index (χ0) is 22.4. The van der Waals surface area contributed by atoms with Crippen LogP contribution < -0.4 is 9.63 Å². The maximum absolute atomic E-state index is 13.7. The molecule has 1 aromatic heterocycles. The number of ether oxygens (including phenoxy) is 1. The summed E-state index contributed by atoms with van der Waals surface area (Å²) in [6.07, 6.45) is -4.19. The predicted molar refractivity (Wildman–Crippen MR) is 87.0 cm³/mol. The smallest absolute Gasteiger partial charge is 0.781 e. The van der Waals surface area contributed by atoms with Gasteiger partial charge in [-0.1, -0.05) is 0 Å². The predicted octanol–water partition coefficient (Wildman–Crippen LogP) is 4.63. The summed E-state index contributed by atoms with van der Waals surface area (Å²) in [5.41, 5.74) is -0.873. The maximum atomic E-state index is 13.7. The number of hydrogen-bond acceptors (Lipinski definition) is 6. The Balaban J connectivity index is 0.00000341. The van der Waals surface area contributed by atoms with Gasteiger partial charge in [-0.3, -0.25) is 4.52 Å². The zero-order valence-electron chi connectivity index (χ0n) is 14.2. The number of rotatable bonds is 5. The second-order valence-electron chi connectivity index (χ2n) is 5.52. The van der Waals surface area contributed by atoms with Crippen molar-refractivity contribution in [3.8, 4) is 5.75 Å². The van der Waals surface area contributed by atoms with Gasteiger partial charge >= 0.3 is 34.5 Å². The molecule has 0 N–H and O–H groups in total. The average molecular weight is 581 g/mol. The molecule has 0 bridgehead atoms. The molecule has 0 aliphatic rings. The molecule has 0 radical (unpaired) electrons. The Labute approximate surface area is 187 Å². The molecule has 0 amide bonds. The molecule has 0 aliphatic carbocycles. The molecular formula is C16H5AgF7O5PS. The summed E-state index contributed by atoms with van der Waals surface area (Å²) in [6, 6.07) is 3.60. The Hall–Kier alpha value is -1.73. The molecule has 3 rings (SSSR count). The topological polar surface area (TPSA) is 75.7 Å². The van der Waals surface area contributed by atoms with Gasteiger partial charge < -0.3 is 14.2 Å². The van der Waals surface area contributed by atoms with Crippen molar-refractivity contribution in [1.82, 2.24) is 0 Å². The van der Waals surface area contributed by atoms with Gasteiger partial charge in [-0.15, -0.1) is 11.3 Å². The number of halogens is 7. The molecule has 31 heavy (non-hydrogen) atoms. The molecule has 0 saturated carbocycles. The standard InChI is InChI=1S/C16H6F7O5PS.Ag/c17-9-10(18)12(20)14(13(21)11(9)19)27-15(24)8-4-5-3-6(1-2-7(5)30-8)16(22,23)28-29(25)26;/h1-4,29H,(H,25,26);/q;+1/p-1. The van der Waals surface area contributed by atoms with E-state index in [1.54, 1.807) is 0 Å². The van der Waals surface area contributed by atoms with Crippen molar-refractivity contribution in [1.29, 1.82) is 0 Å². The monoisotopic (exact) mass is 580 g/mol. The van der Waals surface area contributed by atoms with Crippen LogP contribution in [0.5, 0.6) is 5.75 Å². The third kappa shape index (κ3) is 5.03. The molecule has 2 aromatic carbocycles. The van der Waals surface area contributed by atoms with Gasteiger partial charge in [0.2, 0.25) is 34.8 Å². The van der Waals surface area contributed by atoms with Gasteiger partial charge in [-0.2, -0.15) is 17.6 Å². The van der Waals surface area contributed by atoms with Crippen LogP contribution in [0, 0.1) is 29.1 Å².